The van der Waals surface area contributed by atoms with Crippen LogP contribution >= 0.6 is 11.9 Å². The minimum absolute atomic E-state index is 0.251. The van der Waals surface area contributed by atoms with E-state index in [1.54, 1.807) is 6.92 Å². The summed E-state index contributed by atoms with van der Waals surface area (Å²) in [6, 6.07) is 0. The van der Waals surface area contributed by atoms with Crippen molar-refractivity contribution in [2.24, 2.45) is 16.2 Å². The second-order valence-electron chi connectivity index (χ2n) is 3.05. The molecule has 0 aliphatic carbocycles. The summed E-state index contributed by atoms with van der Waals surface area (Å²) < 4.78 is 7.45. The first kappa shape index (κ1) is 17.3. The molecule has 0 bridgehead atoms. The summed E-state index contributed by atoms with van der Waals surface area (Å²) in [4.78, 5) is 30.0. The third kappa shape index (κ3) is 15.4. The molecule has 1 atom stereocenters. The largest absolute Gasteiger partial charge is 0.465 e. The standard InChI is InChI=1S/C7H13NO3S.C2H5NO/c1-3-4-11-7(9)6(2)5-12-8-10;1-2(3)4/h6H,3-5H2,1-2H3;1H3,(H2,3,4). The molecule has 1 amide bonds. The van der Waals surface area contributed by atoms with Gasteiger partial charge in [0.2, 0.25) is 5.91 Å². The van der Waals surface area contributed by atoms with Gasteiger partial charge in [0.1, 0.15) is 0 Å². The van der Waals surface area contributed by atoms with Gasteiger partial charge in [-0.15, -0.1) is 4.91 Å². The molecule has 0 aliphatic rings. The second-order valence-corrected chi connectivity index (χ2v) is 3.79. The van der Waals surface area contributed by atoms with E-state index in [-0.39, 0.29) is 17.8 Å². The predicted molar refractivity (Wildman–Crippen MR) is 63.5 cm³/mol. The van der Waals surface area contributed by atoms with E-state index in [1.807, 2.05) is 6.92 Å². The van der Waals surface area contributed by atoms with E-state index in [0.717, 1.165) is 18.4 Å². The minimum Gasteiger partial charge on any atom is -0.465 e. The lowest BCUT2D eigenvalue weighted by Gasteiger charge is -2.07. The Labute approximate surface area is 99.4 Å². The molecule has 0 rings (SSSR count). The van der Waals surface area contributed by atoms with Crippen LogP contribution in [0.3, 0.4) is 0 Å². The highest BCUT2D eigenvalue weighted by Crippen LogP contribution is 2.10. The molecule has 1 unspecified atom stereocenters. The molecule has 0 radical (unpaired) electrons. The van der Waals surface area contributed by atoms with Crippen LogP contribution in [0.2, 0.25) is 0 Å². The van der Waals surface area contributed by atoms with Gasteiger partial charge in [0.05, 0.1) is 12.5 Å². The van der Waals surface area contributed by atoms with Crippen molar-refractivity contribution in [1.29, 1.82) is 0 Å². The molecule has 7 heteroatoms. The molecule has 0 saturated carbocycles. The van der Waals surface area contributed by atoms with Crippen LogP contribution in [0, 0.1) is 10.8 Å². The van der Waals surface area contributed by atoms with Gasteiger partial charge < -0.3 is 10.5 Å². The number of carbonyl (C=O) groups is 2. The van der Waals surface area contributed by atoms with Crippen LogP contribution < -0.4 is 5.73 Å². The molecule has 94 valence electrons. The van der Waals surface area contributed by atoms with Gasteiger partial charge in [-0.3, -0.25) is 9.59 Å². The third-order valence-electron chi connectivity index (χ3n) is 1.23. The van der Waals surface area contributed by atoms with Gasteiger partial charge in [0.15, 0.2) is 0 Å². The maximum atomic E-state index is 11.0. The molecule has 16 heavy (non-hydrogen) atoms. The van der Waals surface area contributed by atoms with Gasteiger partial charge in [0, 0.05) is 29.2 Å². The summed E-state index contributed by atoms with van der Waals surface area (Å²) >= 11 is 0.847. The van der Waals surface area contributed by atoms with Gasteiger partial charge in [-0.05, 0) is 6.42 Å². The van der Waals surface area contributed by atoms with Gasteiger partial charge in [0.25, 0.3) is 0 Å². The number of rotatable bonds is 6. The summed E-state index contributed by atoms with van der Waals surface area (Å²) in [5.74, 6) is -0.446. The summed E-state index contributed by atoms with van der Waals surface area (Å²) in [6.07, 6.45) is 0.817. The summed E-state index contributed by atoms with van der Waals surface area (Å²) in [5, 5.41) is 0. The molecule has 2 N–H and O–H groups in total. The van der Waals surface area contributed by atoms with Gasteiger partial charge in [-0.25, -0.2) is 0 Å². The third-order valence-corrected chi connectivity index (χ3v) is 1.98. The lowest BCUT2D eigenvalue weighted by molar-refractivity contribution is -0.147. The van der Waals surface area contributed by atoms with Crippen LogP contribution in [-0.4, -0.2) is 24.2 Å². The predicted octanol–water partition coefficient (Wildman–Crippen LogP) is 1.48. The molecule has 6 nitrogen and oxygen atoms in total. The second kappa shape index (κ2) is 12.0. The van der Waals surface area contributed by atoms with Gasteiger partial charge >= 0.3 is 5.97 Å². The van der Waals surface area contributed by atoms with E-state index in [9.17, 15) is 14.5 Å². The number of carbonyl (C=O) groups excluding carboxylic acids is 2. The molecule has 0 saturated heterocycles. The minimum atomic E-state index is -0.333. The fourth-order valence-corrected chi connectivity index (χ4v) is 0.976. The lowest BCUT2D eigenvalue weighted by Crippen LogP contribution is -2.16. The van der Waals surface area contributed by atoms with Crippen molar-refractivity contribution < 1.29 is 14.3 Å². The Morgan fingerprint density at radius 3 is 2.38 bits per heavy atom. The van der Waals surface area contributed by atoms with Gasteiger partial charge in [-0.1, -0.05) is 13.8 Å². The molecule has 0 aromatic rings. The number of ether oxygens (including phenoxy) is 1. The van der Waals surface area contributed by atoms with Crippen LogP contribution in [0.1, 0.15) is 27.2 Å². The normalized spacial score (nSPS) is 10.7. The van der Waals surface area contributed by atoms with Crippen molar-refractivity contribution in [2.75, 3.05) is 12.4 Å². The first-order valence-corrected chi connectivity index (χ1v) is 5.77. The highest BCUT2D eigenvalue weighted by atomic mass is 32.2. The molecule has 0 fully saturated rings. The summed E-state index contributed by atoms with van der Waals surface area (Å²) in [6.45, 7) is 5.40. The van der Waals surface area contributed by atoms with Crippen molar-refractivity contribution in [3.8, 4) is 0 Å². The molecule has 0 aromatic carbocycles. The lowest BCUT2D eigenvalue weighted by atomic mass is 10.2. The first-order valence-electron chi connectivity index (χ1n) is 4.82. The van der Waals surface area contributed by atoms with Crippen LogP contribution in [0.25, 0.3) is 0 Å². The Balaban J connectivity index is 0. The van der Waals surface area contributed by atoms with E-state index in [1.165, 1.54) is 6.92 Å². The summed E-state index contributed by atoms with van der Waals surface area (Å²) in [5.41, 5.74) is 4.47. The zero-order chi connectivity index (χ0) is 13.0. The number of nitrogens with two attached hydrogens (primary N) is 1. The Morgan fingerprint density at radius 1 is 1.50 bits per heavy atom. The Kier molecular flexibility index (Phi) is 12.9. The number of nitroso groups, excluding NO2 is 1. The van der Waals surface area contributed by atoms with Crippen molar-refractivity contribution in [3.63, 3.8) is 0 Å². The monoisotopic (exact) mass is 250 g/mol. The van der Waals surface area contributed by atoms with E-state index in [2.05, 4.69) is 10.3 Å². The maximum absolute atomic E-state index is 11.0. The number of esters is 1. The molecule has 0 aromatic heterocycles. The zero-order valence-corrected chi connectivity index (χ0v) is 10.6. The maximum Gasteiger partial charge on any atom is 0.309 e. The topological polar surface area (TPSA) is 98.8 Å². The highest BCUT2D eigenvalue weighted by Gasteiger charge is 2.13. The van der Waals surface area contributed by atoms with Gasteiger partial charge in [-0.2, -0.15) is 0 Å². The van der Waals surface area contributed by atoms with Crippen molar-refractivity contribution >= 4 is 23.8 Å². The quantitative estimate of drug-likeness (QED) is 0.437. The van der Waals surface area contributed by atoms with Crippen molar-refractivity contribution in [3.05, 3.63) is 4.91 Å². The smallest absolute Gasteiger partial charge is 0.309 e. The first-order chi connectivity index (χ1) is 7.45. The number of amides is 1. The van der Waals surface area contributed by atoms with E-state index < -0.39 is 0 Å². The highest BCUT2D eigenvalue weighted by molar-refractivity contribution is 7.97. The number of hydrogen-bond acceptors (Lipinski definition) is 6. The Morgan fingerprint density at radius 2 is 2.00 bits per heavy atom. The van der Waals surface area contributed by atoms with E-state index in [4.69, 9.17) is 4.74 Å². The van der Waals surface area contributed by atoms with Crippen LogP contribution in [-0.2, 0) is 14.3 Å². The number of nitrogens with zero attached hydrogens (tertiary/aromatic N) is 1. The molecular weight excluding hydrogens is 232 g/mol. The fraction of sp³-hybridized carbons (Fsp3) is 0.778. The Hall–Kier alpha value is -1.11. The SMILES string of the molecule is CC(N)=O.CCCOC(=O)C(C)CSN=O. The molecule has 0 aliphatic heterocycles. The number of hydrogen-bond donors (Lipinski definition) is 1. The van der Waals surface area contributed by atoms with E-state index in [0.29, 0.717) is 12.4 Å². The van der Waals surface area contributed by atoms with Crippen LogP contribution in [0.15, 0.2) is 4.58 Å². The van der Waals surface area contributed by atoms with E-state index >= 15 is 0 Å². The zero-order valence-electron chi connectivity index (χ0n) is 9.76. The molecule has 0 heterocycles. The van der Waals surface area contributed by atoms with Crippen molar-refractivity contribution in [2.45, 2.75) is 27.2 Å². The average Bonchev–Trinajstić information content (AvgIpc) is 2.21. The molecule has 0 spiro atoms. The molecular formula is C9H18N2O4S. The van der Waals surface area contributed by atoms with Crippen LogP contribution in [0.5, 0.6) is 0 Å². The van der Waals surface area contributed by atoms with Crippen LogP contribution in [0.4, 0.5) is 0 Å². The Bertz CT molecular complexity index is 220. The average molecular weight is 250 g/mol. The fourth-order valence-electron chi connectivity index (χ4n) is 0.555. The van der Waals surface area contributed by atoms with Crippen molar-refractivity contribution in [1.82, 2.24) is 0 Å². The summed E-state index contributed by atoms with van der Waals surface area (Å²) in [7, 11) is 0. The number of primary amides is 1.